The quantitative estimate of drug-likeness (QED) is 0.672. The van der Waals surface area contributed by atoms with Gasteiger partial charge in [-0.05, 0) is 30.5 Å². The van der Waals surface area contributed by atoms with Gasteiger partial charge in [0.25, 0.3) is 5.56 Å². The van der Waals surface area contributed by atoms with Crippen LogP contribution >= 0.6 is 11.3 Å². The van der Waals surface area contributed by atoms with Crippen LogP contribution in [-0.4, -0.2) is 16.0 Å². The fourth-order valence-electron chi connectivity index (χ4n) is 3.03. The molecule has 0 spiro atoms. The Morgan fingerprint density at radius 1 is 1.39 bits per heavy atom. The number of H-pyrrole nitrogens is 1. The number of fused-ring (bicyclic) bond motifs is 1. The maximum absolute atomic E-state index is 12.4. The highest BCUT2D eigenvalue weighted by Crippen LogP contribution is 2.35. The zero-order chi connectivity index (χ0) is 16.4. The van der Waals surface area contributed by atoms with Crippen molar-refractivity contribution >= 4 is 33.7 Å². The van der Waals surface area contributed by atoms with Crippen molar-refractivity contribution in [3.63, 3.8) is 0 Å². The first-order chi connectivity index (χ1) is 11.2. The molecule has 23 heavy (non-hydrogen) atoms. The molecule has 3 heterocycles. The highest BCUT2D eigenvalue weighted by Gasteiger charge is 2.18. The van der Waals surface area contributed by atoms with Crippen LogP contribution in [0.5, 0.6) is 0 Å². The second-order valence-corrected chi connectivity index (χ2v) is 6.36. The Labute approximate surface area is 138 Å². The van der Waals surface area contributed by atoms with Crippen molar-refractivity contribution in [2.24, 2.45) is 0 Å². The summed E-state index contributed by atoms with van der Waals surface area (Å²) in [5.41, 5.74) is 2.72. The third-order valence-corrected chi connectivity index (χ3v) is 5.06. The van der Waals surface area contributed by atoms with Crippen LogP contribution in [-0.2, 0) is 4.79 Å². The summed E-state index contributed by atoms with van der Waals surface area (Å²) in [6.45, 7) is 4.31. The first kappa shape index (κ1) is 15.6. The topological polar surface area (TPSA) is 66.9 Å². The lowest BCUT2D eigenvalue weighted by Crippen LogP contribution is -2.08. The molecule has 0 atom stereocenters. The van der Waals surface area contributed by atoms with E-state index in [1.165, 1.54) is 11.3 Å². The molecular weight excluding hydrogens is 310 g/mol. The molecular formula is C17H19N3O2S. The van der Waals surface area contributed by atoms with E-state index in [0.717, 1.165) is 34.5 Å². The van der Waals surface area contributed by atoms with Gasteiger partial charge >= 0.3 is 0 Å². The first-order valence-electron chi connectivity index (χ1n) is 7.70. The van der Waals surface area contributed by atoms with Crippen LogP contribution in [0.25, 0.3) is 22.0 Å². The lowest BCUT2D eigenvalue weighted by Gasteiger charge is -2.15. The molecule has 3 rings (SSSR count). The van der Waals surface area contributed by atoms with Crippen LogP contribution in [0.3, 0.4) is 0 Å². The number of amides is 1. The van der Waals surface area contributed by atoms with E-state index in [-0.39, 0.29) is 5.56 Å². The van der Waals surface area contributed by atoms with Gasteiger partial charge in [0.1, 0.15) is 0 Å². The molecule has 0 bridgehead atoms. The Kier molecular flexibility index (Phi) is 4.34. The number of nitrogens with zero attached hydrogens (tertiary/aromatic N) is 1. The minimum Gasteiger partial charge on any atom is -0.344 e. The van der Waals surface area contributed by atoms with Gasteiger partial charge in [-0.15, -0.1) is 11.3 Å². The summed E-state index contributed by atoms with van der Waals surface area (Å²) in [7, 11) is 0. The van der Waals surface area contributed by atoms with Crippen molar-refractivity contribution in [3.8, 4) is 11.1 Å². The molecule has 0 fully saturated rings. The number of aromatic amines is 1. The maximum atomic E-state index is 12.4. The minimum atomic E-state index is -0.0849. The van der Waals surface area contributed by atoms with Crippen LogP contribution < -0.4 is 10.9 Å². The minimum absolute atomic E-state index is 0.0849. The Bertz CT molecular complexity index is 887. The van der Waals surface area contributed by atoms with E-state index in [0.29, 0.717) is 17.8 Å². The lowest BCUT2D eigenvalue weighted by atomic mass is 10.1. The summed E-state index contributed by atoms with van der Waals surface area (Å²) in [5, 5.41) is 6.09. The summed E-state index contributed by atoms with van der Waals surface area (Å²) < 4.78 is 2.20. The number of carbonyl (C=O) groups is 1. The molecule has 2 N–H and O–H groups in total. The Balaban J connectivity index is 2.23. The molecule has 6 heteroatoms. The molecule has 0 aromatic carbocycles. The van der Waals surface area contributed by atoms with Crippen LogP contribution in [0, 0.1) is 0 Å². The fraction of sp³-hybridized carbons (Fsp3) is 0.294. The van der Waals surface area contributed by atoms with E-state index < -0.39 is 0 Å². The van der Waals surface area contributed by atoms with Crippen molar-refractivity contribution in [2.75, 3.05) is 5.32 Å². The van der Waals surface area contributed by atoms with Crippen LogP contribution in [0.4, 0.5) is 5.00 Å². The molecule has 0 saturated carbocycles. The fourth-order valence-corrected chi connectivity index (χ4v) is 3.79. The lowest BCUT2D eigenvalue weighted by molar-refractivity contribution is -0.105. The van der Waals surface area contributed by atoms with E-state index in [1.807, 2.05) is 17.5 Å². The summed E-state index contributed by atoms with van der Waals surface area (Å²) >= 11 is 1.45. The molecule has 0 radical (unpaired) electrons. The predicted molar refractivity (Wildman–Crippen MR) is 95.2 cm³/mol. The zero-order valence-corrected chi connectivity index (χ0v) is 13.9. The molecule has 3 aromatic heterocycles. The molecule has 0 aliphatic rings. The number of rotatable bonds is 6. The number of hydrogen-bond acceptors (Lipinski definition) is 3. The molecule has 5 nitrogen and oxygen atoms in total. The van der Waals surface area contributed by atoms with E-state index >= 15 is 0 Å². The highest BCUT2D eigenvalue weighted by atomic mass is 32.1. The van der Waals surface area contributed by atoms with Crippen LogP contribution in [0.15, 0.2) is 34.7 Å². The summed E-state index contributed by atoms with van der Waals surface area (Å²) in [4.78, 5) is 25.7. The number of pyridine rings is 1. The van der Waals surface area contributed by atoms with Crippen LogP contribution in [0.1, 0.15) is 32.7 Å². The largest absolute Gasteiger partial charge is 0.344 e. The molecule has 0 aliphatic carbocycles. The zero-order valence-electron chi connectivity index (χ0n) is 13.1. The number of aromatic nitrogens is 2. The smallest absolute Gasteiger partial charge is 0.258 e. The third-order valence-electron chi connectivity index (χ3n) is 4.20. The van der Waals surface area contributed by atoms with Crippen molar-refractivity contribution in [1.29, 1.82) is 0 Å². The third kappa shape index (κ3) is 2.70. The summed E-state index contributed by atoms with van der Waals surface area (Å²) in [5.74, 6) is 0. The van der Waals surface area contributed by atoms with E-state index in [9.17, 15) is 9.59 Å². The first-order valence-corrected chi connectivity index (χ1v) is 8.58. The normalized spacial score (nSPS) is 11.3. The number of nitrogens with one attached hydrogen (secondary N) is 2. The van der Waals surface area contributed by atoms with Gasteiger partial charge in [0.05, 0.1) is 15.9 Å². The average molecular weight is 329 g/mol. The predicted octanol–water partition coefficient (Wildman–Crippen LogP) is 3.99. The van der Waals surface area contributed by atoms with Crippen molar-refractivity contribution in [2.45, 2.75) is 32.7 Å². The van der Waals surface area contributed by atoms with Gasteiger partial charge in [-0.2, -0.15) is 0 Å². The second-order valence-electron chi connectivity index (χ2n) is 5.45. The van der Waals surface area contributed by atoms with Gasteiger partial charge in [-0.3, -0.25) is 9.59 Å². The maximum Gasteiger partial charge on any atom is 0.258 e. The standard InChI is InChI=1S/C17H19N3O2S/c1-3-12(4-2)20-8-13(11-7-15(19-10-21)23-9-11)16-14(20)5-6-18-17(16)22/h5-10,12H,3-4H2,1-2H3,(H,18,22)(H,19,21). The van der Waals surface area contributed by atoms with E-state index in [2.05, 4.69) is 34.9 Å². The molecule has 0 saturated heterocycles. The molecule has 0 unspecified atom stereocenters. The van der Waals surface area contributed by atoms with Crippen molar-refractivity contribution in [3.05, 3.63) is 40.3 Å². The number of hydrogen-bond donors (Lipinski definition) is 2. The Hall–Kier alpha value is -2.34. The highest BCUT2D eigenvalue weighted by molar-refractivity contribution is 7.14. The van der Waals surface area contributed by atoms with Gasteiger partial charge in [0, 0.05) is 29.4 Å². The average Bonchev–Trinajstić information content (AvgIpc) is 3.15. The molecule has 3 aromatic rings. The Morgan fingerprint density at radius 3 is 2.87 bits per heavy atom. The monoisotopic (exact) mass is 329 g/mol. The number of anilines is 1. The Morgan fingerprint density at radius 2 is 2.17 bits per heavy atom. The number of thiophene rings is 1. The molecule has 0 aliphatic heterocycles. The summed E-state index contributed by atoms with van der Waals surface area (Å²) in [6, 6.07) is 4.21. The van der Waals surface area contributed by atoms with E-state index in [1.54, 1.807) is 6.20 Å². The van der Waals surface area contributed by atoms with Gasteiger partial charge in [-0.1, -0.05) is 13.8 Å². The van der Waals surface area contributed by atoms with Crippen molar-refractivity contribution in [1.82, 2.24) is 9.55 Å². The SMILES string of the molecule is CCC(CC)n1cc(-c2csc(NC=O)c2)c2c(=O)[nH]ccc21. The summed E-state index contributed by atoms with van der Waals surface area (Å²) in [6.07, 6.45) is 6.43. The van der Waals surface area contributed by atoms with Crippen molar-refractivity contribution < 1.29 is 4.79 Å². The van der Waals surface area contributed by atoms with Crippen LogP contribution in [0.2, 0.25) is 0 Å². The van der Waals surface area contributed by atoms with Gasteiger partial charge in [0.15, 0.2) is 0 Å². The van der Waals surface area contributed by atoms with Gasteiger partial charge in [0.2, 0.25) is 6.41 Å². The molecule has 120 valence electrons. The molecule has 1 amide bonds. The number of carbonyl (C=O) groups excluding carboxylic acids is 1. The van der Waals surface area contributed by atoms with Gasteiger partial charge < -0.3 is 14.9 Å². The van der Waals surface area contributed by atoms with E-state index in [4.69, 9.17) is 0 Å². The van der Waals surface area contributed by atoms with Gasteiger partial charge in [-0.25, -0.2) is 0 Å². The second kappa shape index (κ2) is 6.42.